The van der Waals surface area contributed by atoms with Gasteiger partial charge in [0, 0.05) is 12.8 Å². The summed E-state index contributed by atoms with van der Waals surface area (Å²) in [7, 11) is 0. The summed E-state index contributed by atoms with van der Waals surface area (Å²) in [6, 6.07) is 0. The maximum Gasteiger partial charge on any atom is 0.189 e. The fraction of sp³-hybridized carbons (Fsp3) is 0.727. The zero-order valence-electron chi connectivity index (χ0n) is 8.81. The van der Waals surface area contributed by atoms with Crippen LogP contribution in [0.25, 0.3) is 0 Å². The Hall–Kier alpha value is 0.0600. The summed E-state index contributed by atoms with van der Waals surface area (Å²) in [5.41, 5.74) is 0. The number of hydrogen-bond donors (Lipinski definition) is 0. The fourth-order valence-electron chi connectivity index (χ4n) is 1.06. The molecule has 0 spiro atoms. The maximum atomic E-state index is 11.3. The van der Waals surface area contributed by atoms with Crippen LogP contribution in [0.15, 0.2) is 0 Å². The topological polar surface area (TPSA) is 17.1 Å². The molecule has 0 saturated heterocycles. The van der Waals surface area contributed by atoms with E-state index in [9.17, 15) is 4.79 Å². The molecule has 1 atom stereocenters. The maximum absolute atomic E-state index is 11.3. The Balaban J connectivity index is 3.54. The molecule has 0 rings (SSSR count). The van der Waals surface area contributed by atoms with Crippen molar-refractivity contribution in [3.8, 4) is 11.8 Å². The van der Waals surface area contributed by atoms with E-state index in [0.29, 0.717) is 17.5 Å². The lowest BCUT2D eigenvalue weighted by atomic mass is 10.0. The fourth-order valence-corrected chi connectivity index (χ4v) is 1.98. The minimum Gasteiger partial charge on any atom is -0.287 e. The van der Waals surface area contributed by atoms with Crippen molar-refractivity contribution in [3.05, 3.63) is 0 Å². The highest BCUT2D eigenvalue weighted by molar-refractivity contribution is 9.09. The van der Waals surface area contributed by atoms with Crippen LogP contribution in [0.5, 0.6) is 0 Å². The second-order valence-corrected chi connectivity index (χ2v) is 5.02. The van der Waals surface area contributed by atoms with Crippen LogP contribution in [0.1, 0.15) is 33.1 Å². The second kappa shape index (κ2) is 9.61. The lowest BCUT2D eigenvalue weighted by Gasteiger charge is -2.06. The summed E-state index contributed by atoms with van der Waals surface area (Å²) in [6.45, 7) is 4.12. The Kier molecular flexibility index (Phi) is 9.65. The van der Waals surface area contributed by atoms with Crippen LogP contribution in [0, 0.1) is 17.8 Å². The predicted molar refractivity (Wildman–Crippen MR) is 67.7 cm³/mol. The Morgan fingerprint density at radius 1 is 1.50 bits per heavy atom. The van der Waals surface area contributed by atoms with E-state index in [0.717, 1.165) is 23.9 Å². The zero-order valence-corrected chi connectivity index (χ0v) is 11.2. The van der Waals surface area contributed by atoms with E-state index in [1.807, 2.05) is 6.92 Å². The molecule has 0 bridgehead atoms. The highest BCUT2D eigenvalue weighted by atomic mass is 79.9. The molecule has 0 aromatic carbocycles. The Bertz CT molecular complexity index is 217. The van der Waals surface area contributed by atoms with Gasteiger partial charge in [0.25, 0.3) is 0 Å². The van der Waals surface area contributed by atoms with Crippen molar-refractivity contribution in [1.29, 1.82) is 0 Å². The second-order valence-electron chi connectivity index (χ2n) is 3.14. The van der Waals surface area contributed by atoms with Crippen molar-refractivity contribution in [2.45, 2.75) is 33.1 Å². The smallest absolute Gasteiger partial charge is 0.189 e. The summed E-state index contributed by atoms with van der Waals surface area (Å²) in [5, 5.41) is 1.06. The number of halogens is 1. The van der Waals surface area contributed by atoms with Gasteiger partial charge in [-0.15, -0.1) is 5.92 Å². The number of thioether (sulfide) groups is 1. The molecule has 0 aliphatic rings. The van der Waals surface area contributed by atoms with E-state index in [4.69, 9.17) is 0 Å². The third kappa shape index (κ3) is 8.65. The van der Waals surface area contributed by atoms with Gasteiger partial charge < -0.3 is 0 Å². The van der Waals surface area contributed by atoms with Gasteiger partial charge in [0.2, 0.25) is 0 Å². The van der Waals surface area contributed by atoms with E-state index in [-0.39, 0.29) is 0 Å². The summed E-state index contributed by atoms with van der Waals surface area (Å²) in [5.74, 6) is 7.36. The summed E-state index contributed by atoms with van der Waals surface area (Å²) < 4.78 is 0. The number of hydrogen-bond acceptors (Lipinski definition) is 2. The summed E-state index contributed by atoms with van der Waals surface area (Å²) in [6.07, 6.45) is 2.61. The average molecular weight is 277 g/mol. The highest BCUT2D eigenvalue weighted by Gasteiger charge is 2.07. The summed E-state index contributed by atoms with van der Waals surface area (Å²) in [4.78, 5) is 11.3. The van der Waals surface area contributed by atoms with Crippen LogP contribution >= 0.6 is 27.7 Å². The van der Waals surface area contributed by atoms with Gasteiger partial charge in [0.05, 0.1) is 5.33 Å². The molecule has 0 fully saturated rings. The number of carbonyl (C=O) groups is 1. The van der Waals surface area contributed by atoms with Gasteiger partial charge in [-0.2, -0.15) is 0 Å². The van der Waals surface area contributed by atoms with Crippen molar-refractivity contribution >= 4 is 32.8 Å². The Labute approximate surface area is 99.5 Å². The van der Waals surface area contributed by atoms with Crippen LogP contribution in [0.3, 0.4) is 0 Å². The van der Waals surface area contributed by atoms with E-state index in [1.54, 1.807) is 0 Å². The Morgan fingerprint density at radius 2 is 2.21 bits per heavy atom. The number of rotatable bonds is 5. The largest absolute Gasteiger partial charge is 0.287 e. The van der Waals surface area contributed by atoms with Gasteiger partial charge in [0.1, 0.15) is 0 Å². The minimum absolute atomic E-state index is 0.313. The Morgan fingerprint density at radius 3 is 2.79 bits per heavy atom. The van der Waals surface area contributed by atoms with Crippen molar-refractivity contribution in [1.82, 2.24) is 0 Å². The third-order valence-electron chi connectivity index (χ3n) is 1.77. The molecule has 14 heavy (non-hydrogen) atoms. The molecular formula is C11H17BrOS. The lowest BCUT2D eigenvalue weighted by molar-refractivity contribution is -0.111. The molecule has 0 amide bonds. The van der Waals surface area contributed by atoms with Gasteiger partial charge in [0.15, 0.2) is 5.12 Å². The number of alkyl halides is 1. The van der Waals surface area contributed by atoms with E-state index >= 15 is 0 Å². The third-order valence-corrected chi connectivity index (χ3v) is 2.83. The van der Waals surface area contributed by atoms with Crippen molar-refractivity contribution < 1.29 is 4.79 Å². The standard InChI is InChI=1S/C11H17BrOS/c1-3-14-11(13)9-10(2)7-5-4-6-8-12/h10H,3,5,7-9H2,1-2H3/t10-/m1/s1. The normalized spacial score (nSPS) is 11.6. The van der Waals surface area contributed by atoms with Crippen LogP contribution in [-0.4, -0.2) is 16.2 Å². The molecular weight excluding hydrogens is 260 g/mol. The first kappa shape index (κ1) is 14.1. The van der Waals surface area contributed by atoms with Crippen LogP contribution in [-0.2, 0) is 4.79 Å². The van der Waals surface area contributed by atoms with Crippen LogP contribution in [0.2, 0.25) is 0 Å². The quantitative estimate of drug-likeness (QED) is 0.565. The lowest BCUT2D eigenvalue weighted by Crippen LogP contribution is -2.02. The SMILES string of the molecule is CCSC(=O)C[C@H](C)CCC#CCBr. The van der Waals surface area contributed by atoms with Gasteiger partial charge in [-0.05, 0) is 18.1 Å². The molecule has 0 radical (unpaired) electrons. The van der Waals surface area contributed by atoms with Gasteiger partial charge >= 0.3 is 0 Å². The molecule has 0 saturated carbocycles. The first-order chi connectivity index (χ1) is 6.70. The van der Waals surface area contributed by atoms with Crippen molar-refractivity contribution in [2.24, 2.45) is 5.92 Å². The average Bonchev–Trinajstić information content (AvgIpc) is 2.13. The van der Waals surface area contributed by atoms with Gasteiger partial charge in [-0.25, -0.2) is 0 Å². The zero-order chi connectivity index (χ0) is 10.8. The number of carbonyl (C=O) groups excluding carboxylic acids is 1. The molecule has 1 nitrogen and oxygen atoms in total. The predicted octanol–water partition coefficient (Wildman–Crippen LogP) is 3.47. The first-order valence-corrected chi connectivity index (χ1v) is 6.98. The molecule has 3 heteroatoms. The molecule has 0 aliphatic carbocycles. The van der Waals surface area contributed by atoms with E-state index in [2.05, 4.69) is 34.7 Å². The minimum atomic E-state index is 0.313. The van der Waals surface area contributed by atoms with Gasteiger partial charge in [-0.3, -0.25) is 4.79 Å². The van der Waals surface area contributed by atoms with E-state index in [1.165, 1.54) is 11.8 Å². The molecule has 0 unspecified atom stereocenters. The molecule has 0 aliphatic heterocycles. The van der Waals surface area contributed by atoms with Crippen molar-refractivity contribution in [2.75, 3.05) is 11.1 Å². The van der Waals surface area contributed by atoms with Gasteiger partial charge in [-0.1, -0.05) is 47.5 Å². The molecule has 0 aromatic heterocycles. The first-order valence-electron chi connectivity index (χ1n) is 4.88. The molecule has 80 valence electrons. The van der Waals surface area contributed by atoms with E-state index < -0.39 is 0 Å². The molecule has 0 N–H and O–H groups in total. The molecule has 0 heterocycles. The monoisotopic (exact) mass is 276 g/mol. The van der Waals surface area contributed by atoms with Crippen LogP contribution in [0.4, 0.5) is 0 Å². The summed E-state index contributed by atoms with van der Waals surface area (Å²) >= 11 is 4.67. The van der Waals surface area contributed by atoms with Crippen LogP contribution < -0.4 is 0 Å². The molecule has 0 aromatic rings. The van der Waals surface area contributed by atoms with Crippen molar-refractivity contribution in [3.63, 3.8) is 0 Å². The highest BCUT2D eigenvalue weighted by Crippen LogP contribution is 2.15.